The fourth-order valence-electron chi connectivity index (χ4n) is 1.04. The largest absolute Gasteiger partial charge is 0.502 e. The smallest absolute Gasteiger partial charge is 0.225 e. The van der Waals surface area contributed by atoms with Crippen LogP contribution in [0.3, 0.4) is 0 Å². The summed E-state index contributed by atoms with van der Waals surface area (Å²) in [6.45, 7) is 0. The van der Waals surface area contributed by atoms with Crippen molar-refractivity contribution in [1.82, 2.24) is 0 Å². The zero-order chi connectivity index (χ0) is 14.4. The number of rotatable bonds is 2. The Bertz CT molecular complexity index is 678. The lowest BCUT2D eigenvalue weighted by molar-refractivity contribution is -0.0438. The van der Waals surface area contributed by atoms with Gasteiger partial charge in [0.2, 0.25) is 10.0 Å². The lowest BCUT2D eigenvalue weighted by Crippen LogP contribution is -2.25. The highest BCUT2D eigenvalue weighted by Gasteiger charge is 2.48. The lowest BCUT2D eigenvalue weighted by Gasteiger charge is -2.10. The summed E-state index contributed by atoms with van der Waals surface area (Å²) < 4.78 is 93.6. The number of alkyl halides is 3. The van der Waals surface area contributed by atoms with E-state index in [-0.39, 0.29) is 0 Å². The Hall–Kier alpha value is -1.20. The highest BCUT2D eigenvalue weighted by Crippen LogP contribution is 2.33. The summed E-state index contributed by atoms with van der Waals surface area (Å²) in [5.74, 6) is -2.06. The van der Waals surface area contributed by atoms with Gasteiger partial charge in [-0.25, -0.2) is 26.4 Å². The fourth-order valence-corrected chi connectivity index (χ4v) is 2.59. The average molecular weight is 307 g/mol. The van der Waals surface area contributed by atoms with Crippen LogP contribution >= 0.6 is 0 Å². The van der Waals surface area contributed by atoms with Crippen molar-refractivity contribution in [1.29, 1.82) is 0 Å². The number of sulfonamides is 1. The van der Waals surface area contributed by atoms with Crippen LogP contribution in [0.25, 0.3) is 0 Å². The van der Waals surface area contributed by atoms with Gasteiger partial charge in [0.15, 0.2) is 5.82 Å². The number of nitrogens with two attached hydrogens (primary N) is 1. The second kappa shape index (κ2) is 4.17. The van der Waals surface area contributed by atoms with E-state index in [0.29, 0.717) is 18.2 Å². The Labute approximate surface area is 99.2 Å². The van der Waals surface area contributed by atoms with Crippen molar-refractivity contribution in [3.63, 3.8) is 0 Å². The predicted octanol–water partition coefficient (Wildman–Crippen LogP) is 0.767. The van der Waals surface area contributed by atoms with Crippen molar-refractivity contribution < 1.29 is 34.4 Å². The molecule has 2 N–H and O–H groups in total. The Balaban J connectivity index is 3.68. The molecule has 11 heteroatoms. The van der Waals surface area contributed by atoms with Crippen molar-refractivity contribution in [2.45, 2.75) is 15.3 Å². The van der Waals surface area contributed by atoms with Gasteiger partial charge >= 0.3 is 5.51 Å². The van der Waals surface area contributed by atoms with E-state index in [2.05, 4.69) is 5.14 Å². The van der Waals surface area contributed by atoms with E-state index in [1.807, 2.05) is 0 Å². The molecule has 0 saturated heterocycles. The van der Waals surface area contributed by atoms with Gasteiger partial charge in [-0.3, -0.25) is 0 Å². The molecule has 0 aliphatic carbocycles. The first-order valence-corrected chi connectivity index (χ1v) is 7.04. The standard InChI is InChI=1S/C7H5F4NO4S2/c8-6-4(17(13,14)7(9,10)11)2-1-3-5(6)18(12,15)16/h1-3H,(H2,12,15,16). The van der Waals surface area contributed by atoms with Gasteiger partial charge in [0.05, 0.1) is 0 Å². The normalized spacial score (nSPS) is 13.6. The summed E-state index contributed by atoms with van der Waals surface area (Å²) >= 11 is 0. The Morgan fingerprint density at radius 1 is 1.00 bits per heavy atom. The molecule has 0 atom stereocenters. The van der Waals surface area contributed by atoms with Crippen molar-refractivity contribution in [2.75, 3.05) is 0 Å². The van der Waals surface area contributed by atoms with E-state index in [4.69, 9.17) is 0 Å². The molecule has 0 spiro atoms. The number of benzene rings is 1. The maximum atomic E-state index is 13.5. The zero-order valence-corrected chi connectivity index (χ0v) is 9.90. The molecule has 0 radical (unpaired) electrons. The Kier molecular flexibility index (Phi) is 3.44. The minimum absolute atomic E-state index is 0.298. The summed E-state index contributed by atoms with van der Waals surface area (Å²) in [5.41, 5.74) is -5.75. The molecular weight excluding hydrogens is 302 g/mol. The second-order valence-corrected chi connectivity index (χ2v) is 6.50. The third-order valence-electron chi connectivity index (χ3n) is 1.83. The van der Waals surface area contributed by atoms with Gasteiger partial charge in [-0.15, -0.1) is 0 Å². The maximum Gasteiger partial charge on any atom is 0.502 e. The van der Waals surface area contributed by atoms with Crippen molar-refractivity contribution in [3.05, 3.63) is 24.0 Å². The predicted molar refractivity (Wildman–Crippen MR) is 51.0 cm³/mol. The summed E-state index contributed by atoms with van der Waals surface area (Å²) in [4.78, 5) is -3.12. The molecule has 0 aromatic heterocycles. The van der Waals surface area contributed by atoms with E-state index in [9.17, 15) is 34.4 Å². The van der Waals surface area contributed by atoms with Crippen LogP contribution in [0.2, 0.25) is 0 Å². The molecule has 1 aromatic carbocycles. The van der Waals surface area contributed by atoms with Gasteiger partial charge in [-0.05, 0) is 12.1 Å². The third-order valence-corrected chi connectivity index (χ3v) is 4.26. The van der Waals surface area contributed by atoms with Crippen LogP contribution in [-0.4, -0.2) is 22.3 Å². The summed E-state index contributed by atoms with van der Waals surface area (Å²) in [5, 5.41) is 4.53. The van der Waals surface area contributed by atoms with Crippen LogP contribution < -0.4 is 5.14 Å². The molecular formula is C7H5F4NO4S2. The molecule has 102 valence electrons. The molecule has 0 aliphatic rings. The highest BCUT2D eigenvalue weighted by atomic mass is 32.2. The Morgan fingerprint density at radius 2 is 1.44 bits per heavy atom. The molecule has 0 unspecified atom stereocenters. The summed E-state index contributed by atoms with van der Waals surface area (Å²) in [7, 11) is -10.7. The summed E-state index contributed by atoms with van der Waals surface area (Å²) in [6, 6.07) is 1.49. The van der Waals surface area contributed by atoms with Crippen molar-refractivity contribution in [2.24, 2.45) is 5.14 Å². The number of sulfone groups is 1. The molecule has 0 bridgehead atoms. The fraction of sp³-hybridized carbons (Fsp3) is 0.143. The first-order valence-electron chi connectivity index (χ1n) is 4.01. The number of primary sulfonamides is 1. The first-order chi connectivity index (χ1) is 7.89. The second-order valence-electron chi connectivity index (χ2n) is 3.06. The molecule has 0 aliphatic heterocycles. The molecule has 1 aromatic rings. The van der Waals surface area contributed by atoms with E-state index >= 15 is 0 Å². The van der Waals surface area contributed by atoms with Gasteiger partial charge in [0.1, 0.15) is 9.79 Å². The highest BCUT2D eigenvalue weighted by molar-refractivity contribution is 7.92. The van der Waals surface area contributed by atoms with Crippen LogP contribution in [-0.2, 0) is 19.9 Å². The van der Waals surface area contributed by atoms with Crippen LogP contribution in [0.1, 0.15) is 0 Å². The van der Waals surface area contributed by atoms with Crippen molar-refractivity contribution in [3.8, 4) is 0 Å². The number of halogens is 4. The topological polar surface area (TPSA) is 94.3 Å². The van der Waals surface area contributed by atoms with Gasteiger partial charge in [0.25, 0.3) is 9.84 Å². The van der Waals surface area contributed by atoms with Crippen LogP contribution in [0.4, 0.5) is 17.6 Å². The molecule has 5 nitrogen and oxygen atoms in total. The first kappa shape index (κ1) is 14.9. The van der Waals surface area contributed by atoms with Gasteiger partial charge in [-0.2, -0.15) is 13.2 Å². The molecule has 18 heavy (non-hydrogen) atoms. The van der Waals surface area contributed by atoms with E-state index in [1.54, 1.807) is 0 Å². The summed E-state index contributed by atoms with van der Waals surface area (Å²) in [6.07, 6.45) is 0. The molecule has 0 saturated carbocycles. The monoisotopic (exact) mass is 307 g/mol. The lowest BCUT2D eigenvalue weighted by atomic mass is 10.3. The molecule has 1 rings (SSSR count). The number of hydrogen-bond donors (Lipinski definition) is 1. The van der Waals surface area contributed by atoms with E-state index in [1.165, 1.54) is 0 Å². The quantitative estimate of drug-likeness (QED) is 0.816. The minimum Gasteiger partial charge on any atom is -0.225 e. The van der Waals surface area contributed by atoms with Gasteiger partial charge in [-0.1, -0.05) is 6.07 Å². The van der Waals surface area contributed by atoms with Gasteiger partial charge in [0, 0.05) is 0 Å². The van der Waals surface area contributed by atoms with Crippen molar-refractivity contribution >= 4 is 19.9 Å². The zero-order valence-electron chi connectivity index (χ0n) is 8.27. The average Bonchev–Trinajstić information content (AvgIpc) is 2.13. The maximum absolute atomic E-state index is 13.5. The number of hydrogen-bond acceptors (Lipinski definition) is 4. The molecule has 0 amide bonds. The SMILES string of the molecule is NS(=O)(=O)c1cccc(S(=O)(=O)C(F)(F)F)c1F. The van der Waals surface area contributed by atoms with Gasteiger partial charge < -0.3 is 0 Å². The molecule has 0 heterocycles. The van der Waals surface area contributed by atoms with Crippen LogP contribution in [0.5, 0.6) is 0 Å². The van der Waals surface area contributed by atoms with Crippen LogP contribution in [0, 0.1) is 5.82 Å². The minimum atomic E-state index is -5.98. The Morgan fingerprint density at radius 3 is 1.83 bits per heavy atom. The van der Waals surface area contributed by atoms with Crippen LogP contribution in [0.15, 0.2) is 28.0 Å². The van der Waals surface area contributed by atoms with E-state index < -0.39 is 41.0 Å². The van der Waals surface area contributed by atoms with E-state index in [0.717, 1.165) is 0 Å². The molecule has 0 fully saturated rings. The third kappa shape index (κ3) is 2.47.